The number of carboxylic acid groups (broad SMARTS) is 1. The van der Waals surface area contributed by atoms with Gasteiger partial charge in [0.05, 0.1) is 0 Å². The van der Waals surface area contributed by atoms with Gasteiger partial charge in [0.1, 0.15) is 11.6 Å². The number of rotatable bonds is 4. The van der Waals surface area contributed by atoms with Crippen LogP contribution in [0.5, 0.6) is 0 Å². The number of hydrogen-bond acceptors (Lipinski definition) is 3. The highest BCUT2D eigenvalue weighted by Gasteiger charge is 2.13. The number of nitrogens with zero attached hydrogens (tertiary/aromatic N) is 1. The fourth-order valence-electron chi connectivity index (χ4n) is 1.94. The number of halogens is 2. The smallest absolute Gasteiger partial charge is 0.303 e. The van der Waals surface area contributed by atoms with Crippen LogP contribution in [0.4, 0.5) is 4.39 Å². The van der Waals surface area contributed by atoms with Crippen LogP contribution in [-0.4, -0.2) is 21.0 Å². The average molecular weight is 355 g/mol. The van der Waals surface area contributed by atoms with Crippen molar-refractivity contribution < 1.29 is 14.3 Å². The standard InChI is InChI=1S/C14H12BrFN2O3/c1-7-9(3-5-12(19)20)14(21)18-13(17-7)10-6-8(16)2-4-11(10)15/h2,4,6H,3,5H2,1H3,(H,19,20)(H,17,18,21). The summed E-state index contributed by atoms with van der Waals surface area (Å²) < 4.78 is 13.9. The molecule has 1 aromatic heterocycles. The molecule has 0 unspecified atom stereocenters. The first-order valence-electron chi connectivity index (χ1n) is 6.15. The van der Waals surface area contributed by atoms with E-state index in [-0.39, 0.29) is 18.7 Å². The summed E-state index contributed by atoms with van der Waals surface area (Å²) in [4.78, 5) is 29.4. The minimum absolute atomic E-state index is 0.105. The van der Waals surface area contributed by atoms with Gasteiger partial charge in [-0.1, -0.05) is 15.9 Å². The van der Waals surface area contributed by atoms with Gasteiger partial charge in [0, 0.05) is 27.7 Å². The van der Waals surface area contributed by atoms with E-state index in [1.807, 2.05) is 0 Å². The second-order valence-electron chi connectivity index (χ2n) is 4.50. The maximum Gasteiger partial charge on any atom is 0.303 e. The quantitative estimate of drug-likeness (QED) is 0.883. The molecule has 0 amide bonds. The normalized spacial score (nSPS) is 10.6. The third-order valence-corrected chi connectivity index (χ3v) is 3.69. The average Bonchev–Trinajstić information content (AvgIpc) is 2.40. The lowest BCUT2D eigenvalue weighted by Crippen LogP contribution is -2.18. The molecule has 0 saturated carbocycles. The summed E-state index contributed by atoms with van der Waals surface area (Å²) in [6.07, 6.45) is -0.0390. The Bertz CT molecular complexity index is 758. The first-order valence-corrected chi connectivity index (χ1v) is 6.95. The van der Waals surface area contributed by atoms with Crippen molar-refractivity contribution >= 4 is 21.9 Å². The van der Waals surface area contributed by atoms with Crippen molar-refractivity contribution in [2.45, 2.75) is 19.8 Å². The predicted molar refractivity (Wildman–Crippen MR) is 78.6 cm³/mol. The van der Waals surface area contributed by atoms with Crippen molar-refractivity contribution in [3.8, 4) is 11.4 Å². The van der Waals surface area contributed by atoms with Crippen molar-refractivity contribution in [2.75, 3.05) is 0 Å². The number of carboxylic acids is 1. The summed E-state index contributed by atoms with van der Waals surface area (Å²) in [5.41, 5.74) is 0.787. The molecule has 1 heterocycles. The molecule has 0 spiro atoms. The molecule has 0 bridgehead atoms. The summed E-state index contributed by atoms with van der Waals surface area (Å²) in [6, 6.07) is 4.08. The number of aliphatic carboxylic acids is 1. The number of aryl methyl sites for hydroxylation is 1. The Labute approximate surface area is 128 Å². The number of hydrogen-bond donors (Lipinski definition) is 2. The lowest BCUT2D eigenvalue weighted by atomic mass is 10.1. The zero-order chi connectivity index (χ0) is 15.6. The topological polar surface area (TPSA) is 83.0 Å². The van der Waals surface area contributed by atoms with Crippen LogP contribution in [0.15, 0.2) is 27.5 Å². The molecule has 110 valence electrons. The van der Waals surface area contributed by atoms with E-state index in [9.17, 15) is 14.0 Å². The molecule has 21 heavy (non-hydrogen) atoms. The van der Waals surface area contributed by atoms with E-state index in [2.05, 4.69) is 25.9 Å². The van der Waals surface area contributed by atoms with Gasteiger partial charge in [0.15, 0.2) is 0 Å². The largest absolute Gasteiger partial charge is 0.481 e. The van der Waals surface area contributed by atoms with Crippen LogP contribution in [0.1, 0.15) is 17.7 Å². The van der Waals surface area contributed by atoms with Crippen LogP contribution in [0.2, 0.25) is 0 Å². The highest BCUT2D eigenvalue weighted by atomic mass is 79.9. The third kappa shape index (κ3) is 3.55. The number of benzene rings is 1. The summed E-state index contributed by atoms with van der Waals surface area (Å²) >= 11 is 3.28. The number of carbonyl (C=O) groups is 1. The van der Waals surface area contributed by atoms with E-state index in [1.54, 1.807) is 6.92 Å². The van der Waals surface area contributed by atoms with Crippen molar-refractivity contribution in [2.24, 2.45) is 0 Å². The van der Waals surface area contributed by atoms with E-state index in [0.717, 1.165) is 0 Å². The van der Waals surface area contributed by atoms with Crippen molar-refractivity contribution in [1.82, 2.24) is 9.97 Å². The van der Waals surface area contributed by atoms with Crippen molar-refractivity contribution in [3.05, 3.63) is 50.1 Å². The number of aromatic nitrogens is 2. The number of nitrogens with one attached hydrogen (secondary N) is 1. The lowest BCUT2D eigenvalue weighted by molar-refractivity contribution is -0.136. The molecular formula is C14H12BrFN2O3. The molecule has 0 saturated heterocycles. The SMILES string of the molecule is Cc1nc(-c2cc(F)ccc2Br)[nH]c(=O)c1CCC(=O)O. The van der Waals surface area contributed by atoms with Gasteiger partial charge in [0.25, 0.3) is 5.56 Å². The molecule has 1 aromatic carbocycles. The molecule has 0 aliphatic heterocycles. The van der Waals surface area contributed by atoms with Crippen molar-refractivity contribution in [3.63, 3.8) is 0 Å². The highest BCUT2D eigenvalue weighted by Crippen LogP contribution is 2.26. The number of H-pyrrole nitrogens is 1. The van der Waals surface area contributed by atoms with Gasteiger partial charge < -0.3 is 10.1 Å². The fraction of sp³-hybridized carbons (Fsp3) is 0.214. The maximum absolute atomic E-state index is 13.3. The Morgan fingerprint density at radius 3 is 2.81 bits per heavy atom. The fourth-order valence-corrected chi connectivity index (χ4v) is 2.38. The molecule has 2 N–H and O–H groups in total. The van der Waals surface area contributed by atoms with Crippen LogP contribution in [0, 0.1) is 12.7 Å². The molecule has 2 aromatic rings. The second kappa shape index (κ2) is 6.17. The van der Waals surface area contributed by atoms with E-state index >= 15 is 0 Å². The minimum Gasteiger partial charge on any atom is -0.481 e. The zero-order valence-corrected chi connectivity index (χ0v) is 12.7. The van der Waals surface area contributed by atoms with Crippen LogP contribution in [0.25, 0.3) is 11.4 Å². The Hall–Kier alpha value is -2.02. The summed E-state index contributed by atoms with van der Waals surface area (Å²) in [6.45, 7) is 1.63. The number of aromatic amines is 1. The maximum atomic E-state index is 13.3. The molecule has 7 heteroatoms. The van der Waals surface area contributed by atoms with Crippen LogP contribution in [-0.2, 0) is 11.2 Å². The molecule has 0 radical (unpaired) electrons. The second-order valence-corrected chi connectivity index (χ2v) is 5.35. The van der Waals surface area contributed by atoms with Crippen LogP contribution in [0.3, 0.4) is 0 Å². The zero-order valence-electron chi connectivity index (χ0n) is 11.1. The summed E-state index contributed by atoms with van der Waals surface area (Å²) in [5.74, 6) is -1.18. The minimum atomic E-state index is -0.981. The molecule has 2 rings (SSSR count). The van der Waals surface area contributed by atoms with E-state index in [0.29, 0.717) is 21.3 Å². The Balaban J connectivity index is 2.46. The Morgan fingerprint density at radius 2 is 2.19 bits per heavy atom. The van der Waals surface area contributed by atoms with Crippen LogP contribution < -0.4 is 5.56 Å². The summed E-state index contributed by atoms with van der Waals surface area (Å²) in [5, 5.41) is 8.68. The highest BCUT2D eigenvalue weighted by molar-refractivity contribution is 9.10. The first-order chi connectivity index (χ1) is 9.88. The van der Waals surface area contributed by atoms with E-state index in [4.69, 9.17) is 5.11 Å². The monoisotopic (exact) mass is 354 g/mol. The van der Waals surface area contributed by atoms with Gasteiger partial charge in [-0.2, -0.15) is 0 Å². The predicted octanol–water partition coefficient (Wildman–Crippen LogP) is 2.66. The third-order valence-electron chi connectivity index (χ3n) is 2.99. The van der Waals surface area contributed by atoms with Gasteiger partial charge in [0.2, 0.25) is 0 Å². The lowest BCUT2D eigenvalue weighted by Gasteiger charge is -2.08. The van der Waals surface area contributed by atoms with Crippen LogP contribution >= 0.6 is 15.9 Å². The molecule has 5 nitrogen and oxygen atoms in total. The molecule has 0 fully saturated rings. The Kier molecular flexibility index (Phi) is 4.52. The van der Waals surface area contributed by atoms with Gasteiger partial charge in [-0.3, -0.25) is 9.59 Å². The molecule has 0 aliphatic carbocycles. The van der Waals surface area contributed by atoms with E-state index in [1.165, 1.54) is 18.2 Å². The van der Waals surface area contributed by atoms with Crippen molar-refractivity contribution in [1.29, 1.82) is 0 Å². The molecule has 0 aliphatic rings. The van der Waals surface area contributed by atoms with Gasteiger partial charge in [-0.25, -0.2) is 9.37 Å². The van der Waals surface area contributed by atoms with Gasteiger partial charge in [-0.05, 0) is 31.5 Å². The molecule has 0 atom stereocenters. The van der Waals surface area contributed by atoms with E-state index < -0.39 is 17.3 Å². The van der Waals surface area contributed by atoms with Gasteiger partial charge in [-0.15, -0.1) is 0 Å². The summed E-state index contributed by atoms with van der Waals surface area (Å²) in [7, 11) is 0. The first kappa shape index (κ1) is 15.4. The van der Waals surface area contributed by atoms with Gasteiger partial charge >= 0.3 is 5.97 Å². The Morgan fingerprint density at radius 1 is 1.48 bits per heavy atom. The molecular weight excluding hydrogens is 343 g/mol.